The van der Waals surface area contributed by atoms with Gasteiger partial charge in [0.25, 0.3) is 0 Å². The average Bonchev–Trinajstić information content (AvgIpc) is 2.48. The summed E-state index contributed by atoms with van der Waals surface area (Å²) in [4.78, 5) is 11.8. The topological polar surface area (TPSA) is 38.3 Å². The Morgan fingerprint density at radius 3 is 2.57 bits per heavy atom. The number of aryl methyl sites for hydroxylation is 1. The minimum atomic E-state index is -0.0596. The zero-order valence-electron chi connectivity index (χ0n) is 11.9. The summed E-state index contributed by atoms with van der Waals surface area (Å²) >= 11 is 5.98. The van der Waals surface area contributed by atoms with Crippen molar-refractivity contribution in [1.82, 2.24) is 0 Å². The van der Waals surface area contributed by atoms with Crippen LogP contribution in [0.2, 0.25) is 5.02 Å². The highest BCUT2D eigenvalue weighted by atomic mass is 35.5. The van der Waals surface area contributed by atoms with Crippen molar-refractivity contribution < 1.29 is 9.53 Å². The highest BCUT2D eigenvalue weighted by molar-refractivity contribution is 6.33. The van der Waals surface area contributed by atoms with Gasteiger partial charge in [-0.2, -0.15) is 0 Å². The molecular formula is C17H18ClNO2. The summed E-state index contributed by atoms with van der Waals surface area (Å²) in [6, 6.07) is 15.0. The molecule has 0 atom stereocenters. The highest BCUT2D eigenvalue weighted by Gasteiger charge is 2.05. The summed E-state index contributed by atoms with van der Waals surface area (Å²) in [5.74, 6) is 0.766. The molecule has 2 aromatic carbocycles. The van der Waals surface area contributed by atoms with Crippen LogP contribution >= 0.6 is 11.6 Å². The number of para-hydroxylation sites is 1. The van der Waals surface area contributed by atoms with Crippen LogP contribution in [0.25, 0.3) is 0 Å². The lowest BCUT2D eigenvalue weighted by atomic mass is 10.2. The van der Waals surface area contributed by atoms with E-state index in [0.717, 1.165) is 5.75 Å². The van der Waals surface area contributed by atoms with E-state index < -0.39 is 0 Å². The van der Waals surface area contributed by atoms with Crippen molar-refractivity contribution in [3.05, 3.63) is 59.1 Å². The summed E-state index contributed by atoms with van der Waals surface area (Å²) in [7, 11) is 0. The van der Waals surface area contributed by atoms with E-state index in [1.165, 1.54) is 5.56 Å². The van der Waals surface area contributed by atoms with E-state index in [2.05, 4.69) is 5.32 Å². The fraction of sp³-hybridized carbons (Fsp3) is 0.235. The van der Waals surface area contributed by atoms with Crippen LogP contribution in [0.3, 0.4) is 0 Å². The Balaban J connectivity index is 1.70. The Kier molecular flexibility index (Phi) is 5.64. The van der Waals surface area contributed by atoms with E-state index in [1.54, 1.807) is 12.1 Å². The monoisotopic (exact) mass is 303 g/mol. The molecule has 0 aliphatic rings. The first kappa shape index (κ1) is 15.4. The van der Waals surface area contributed by atoms with Gasteiger partial charge in [-0.15, -0.1) is 0 Å². The van der Waals surface area contributed by atoms with Crippen LogP contribution in [-0.2, 0) is 4.79 Å². The lowest BCUT2D eigenvalue weighted by Crippen LogP contribution is -2.13. The molecule has 0 aliphatic carbocycles. The molecule has 0 aromatic heterocycles. The molecule has 1 N–H and O–H groups in total. The van der Waals surface area contributed by atoms with E-state index in [9.17, 15) is 4.79 Å². The fourth-order valence-corrected chi connectivity index (χ4v) is 2.02. The molecule has 0 saturated carbocycles. The molecule has 0 bridgehead atoms. The first-order valence-corrected chi connectivity index (χ1v) is 7.27. The van der Waals surface area contributed by atoms with Gasteiger partial charge in [0.1, 0.15) is 5.75 Å². The van der Waals surface area contributed by atoms with Gasteiger partial charge in [0.05, 0.1) is 17.3 Å². The molecule has 0 spiro atoms. The predicted molar refractivity (Wildman–Crippen MR) is 86.0 cm³/mol. The quantitative estimate of drug-likeness (QED) is 0.801. The zero-order valence-corrected chi connectivity index (χ0v) is 12.7. The summed E-state index contributed by atoms with van der Waals surface area (Å²) in [5.41, 5.74) is 1.84. The summed E-state index contributed by atoms with van der Waals surface area (Å²) in [6.45, 7) is 2.54. The van der Waals surface area contributed by atoms with Crippen LogP contribution in [0.5, 0.6) is 5.75 Å². The number of hydrogen-bond donors (Lipinski definition) is 1. The van der Waals surface area contributed by atoms with Gasteiger partial charge in [-0.25, -0.2) is 0 Å². The average molecular weight is 304 g/mol. The first-order chi connectivity index (χ1) is 10.1. The third-order valence-electron chi connectivity index (χ3n) is 2.99. The maximum atomic E-state index is 11.8. The Labute approximate surface area is 129 Å². The molecule has 0 saturated heterocycles. The summed E-state index contributed by atoms with van der Waals surface area (Å²) in [5, 5.41) is 3.33. The number of rotatable bonds is 6. The highest BCUT2D eigenvalue weighted by Crippen LogP contribution is 2.20. The standard InChI is InChI=1S/C17H18ClNO2/c1-13-8-10-14(11-9-13)21-12-4-7-17(20)19-16-6-3-2-5-15(16)18/h2-3,5-6,8-11H,4,7,12H2,1H3,(H,19,20). The van der Waals surface area contributed by atoms with Crippen molar-refractivity contribution in [3.63, 3.8) is 0 Å². The summed E-state index contributed by atoms with van der Waals surface area (Å²) < 4.78 is 5.58. The number of ether oxygens (including phenoxy) is 1. The molecule has 0 heterocycles. The molecule has 0 fully saturated rings. The third kappa shape index (κ3) is 5.12. The maximum absolute atomic E-state index is 11.8. The number of amides is 1. The Hall–Kier alpha value is -2.00. The molecular weight excluding hydrogens is 286 g/mol. The lowest BCUT2D eigenvalue weighted by Gasteiger charge is -2.08. The van der Waals surface area contributed by atoms with E-state index in [0.29, 0.717) is 30.2 Å². The van der Waals surface area contributed by atoms with Crippen LogP contribution in [0.15, 0.2) is 48.5 Å². The van der Waals surface area contributed by atoms with Gasteiger partial charge in [-0.1, -0.05) is 41.4 Å². The molecule has 0 radical (unpaired) electrons. The SMILES string of the molecule is Cc1ccc(OCCCC(=O)Nc2ccccc2Cl)cc1. The van der Waals surface area contributed by atoms with Crippen LogP contribution in [0.1, 0.15) is 18.4 Å². The molecule has 0 aliphatic heterocycles. The lowest BCUT2D eigenvalue weighted by molar-refractivity contribution is -0.116. The molecule has 2 rings (SSSR count). The minimum absolute atomic E-state index is 0.0596. The maximum Gasteiger partial charge on any atom is 0.224 e. The molecule has 21 heavy (non-hydrogen) atoms. The van der Waals surface area contributed by atoms with Gasteiger partial charge in [0, 0.05) is 6.42 Å². The van der Waals surface area contributed by atoms with Crippen molar-refractivity contribution in [3.8, 4) is 5.75 Å². The zero-order chi connectivity index (χ0) is 15.1. The van der Waals surface area contributed by atoms with E-state index >= 15 is 0 Å². The Morgan fingerprint density at radius 1 is 1.14 bits per heavy atom. The van der Waals surface area contributed by atoms with Crippen molar-refractivity contribution >= 4 is 23.2 Å². The van der Waals surface area contributed by atoms with Crippen molar-refractivity contribution in [1.29, 1.82) is 0 Å². The number of anilines is 1. The molecule has 0 unspecified atom stereocenters. The predicted octanol–water partition coefficient (Wildman–Crippen LogP) is 4.45. The Bertz CT molecular complexity index is 596. The summed E-state index contributed by atoms with van der Waals surface area (Å²) in [6.07, 6.45) is 1.06. The molecule has 1 amide bonds. The van der Waals surface area contributed by atoms with Gasteiger partial charge in [0.15, 0.2) is 0 Å². The normalized spacial score (nSPS) is 10.2. The molecule has 110 valence electrons. The second kappa shape index (κ2) is 7.70. The number of carbonyl (C=O) groups excluding carboxylic acids is 1. The van der Waals surface area contributed by atoms with E-state index in [-0.39, 0.29) is 5.91 Å². The molecule has 4 heteroatoms. The van der Waals surface area contributed by atoms with Gasteiger partial charge in [-0.3, -0.25) is 4.79 Å². The van der Waals surface area contributed by atoms with Gasteiger partial charge < -0.3 is 10.1 Å². The van der Waals surface area contributed by atoms with Gasteiger partial charge in [-0.05, 0) is 37.6 Å². The van der Waals surface area contributed by atoms with E-state index in [1.807, 2.05) is 43.3 Å². The van der Waals surface area contributed by atoms with Crippen molar-refractivity contribution in [2.24, 2.45) is 0 Å². The molecule has 2 aromatic rings. The number of halogens is 1. The van der Waals surface area contributed by atoms with Gasteiger partial charge >= 0.3 is 0 Å². The van der Waals surface area contributed by atoms with Crippen LogP contribution in [0.4, 0.5) is 5.69 Å². The van der Waals surface area contributed by atoms with Crippen molar-refractivity contribution in [2.45, 2.75) is 19.8 Å². The largest absolute Gasteiger partial charge is 0.494 e. The Morgan fingerprint density at radius 2 is 1.86 bits per heavy atom. The van der Waals surface area contributed by atoms with Crippen LogP contribution in [0, 0.1) is 6.92 Å². The third-order valence-corrected chi connectivity index (χ3v) is 3.32. The smallest absolute Gasteiger partial charge is 0.224 e. The number of nitrogens with one attached hydrogen (secondary N) is 1. The van der Waals surface area contributed by atoms with Gasteiger partial charge in [0.2, 0.25) is 5.91 Å². The van der Waals surface area contributed by atoms with Crippen LogP contribution in [-0.4, -0.2) is 12.5 Å². The molecule has 3 nitrogen and oxygen atoms in total. The van der Waals surface area contributed by atoms with Crippen LogP contribution < -0.4 is 10.1 Å². The van der Waals surface area contributed by atoms with Crippen molar-refractivity contribution in [2.75, 3.05) is 11.9 Å². The minimum Gasteiger partial charge on any atom is -0.494 e. The second-order valence-electron chi connectivity index (χ2n) is 4.79. The first-order valence-electron chi connectivity index (χ1n) is 6.89. The number of benzene rings is 2. The number of hydrogen-bond acceptors (Lipinski definition) is 2. The van der Waals surface area contributed by atoms with E-state index in [4.69, 9.17) is 16.3 Å². The second-order valence-corrected chi connectivity index (χ2v) is 5.20. The number of carbonyl (C=O) groups is 1. The fourth-order valence-electron chi connectivity index (χ4n) is 1.83.